The molecule has 7 heteroatoms. The highest BCUT2D eigenvalue weighted by Gasteiger charge is 2.24. The van der Waals surface area contributed by atoms with E-state index in [2.05, 4.69) is 10.3 Å². The third-order valence-corrected chi connectivity index (χ3v) is 6.00. The number of hydrogen-bond donors (Lipinski definition) is 1. The summed E-state index contributed by atoms with van der Waals surface area (Å²) in [5.41, 5.74) is 5.47. The van der Waals surface area contributed by atoms with Crippen molar-refractivity contribution in [3.63, 3.8) is 0 Å². The molecule has 1 amide bonds. The van der Waals surface area contributed by atoms with Crippen LogP contribution < -0.4 is 5.32 Å². The van der Waals surface area contributed by atoms with Gasteiger partial charge in [-0.2, -0.15) is 0 Å². The zero-order valence-electron chi connectivity index (χ0n) is 16.7. The minimum Gasteiger partial charge on any atom is -0.318 e. The Hall–Kier alpha value is -2.83. The van der Waals surface area contributed by atoms with Crippen molar-refractivity contribution in [1.29, 1.82) is 0 Å². The van der Waals surface area contributed by atoms with Crippen LogP contribution in [-0.2, 0) is 4.79 Å². The Kier molecular flexibility index (Phi) is 5.54. The number of thioether (sulfide) groups is 1. The molecule has 30 heavy (non-hydrogen) atoms. The van der Waals surface area contributed by atoms with Crippen molar-refractivity contribution in [2.75, 3.05) is 0 Å². The smallest absolute Gasteiger partial charge is 0.264 e. The maximum Gasteiger partial charge on any atom is 0.264 e. The molecule has 4 rings (SSSR count). The number of hydrogen-bond acceptors (Lipinski definition) is 3. The standard InChI is InChI=1S/C23H19ClFN3OS/c1-13-5-4-6-17(9-13)26-23-27-22(29)21(30-23)11-16-10-14(2)28(15(16)3)18-7-8-20(25)19(24)12-18/h4-12H,1-3H3,(H,26,27,29). The molecule has 1 aromatic heterocycles. The molecule has 0 atom stereocenters. The van der Waals surface area contributed by atoms with Gasteiger partial charge in [0, 0.05) is 17.1 Å². The monoisotopic (exact) mass is 439 g/mol. The zero-order chi connectivity index (χ0) is 21.4. The Labute approximate surface area is 183 Å². The fourth-order valence-corrected chi connectivity index (χ4v) is 4.40. The molecule has 2 heterocycles. The molecule has 1 aliphatic rings. The first-order chi connectivity index (χ1) is 14.3. The van der Waals surface area contributed by atoms with Crippen LogP contribution in [0.25, 0.3) is 11.8 Å². The first kappa shape index (κ1) is 20.4. The van der Waals surface area contributed by atoms with Crippen molar-refractivity contribution in [1.82, 2.24) is 9.88 Å². The normalized spacial score (nSPS) is 16.5. The van der Waals surface area contributed by atoms with E-state index in [-0.39, 0.29) is 10.9 Å². The fraction of sp³-hybridized carbons (Fsp3) is 0.130. The number of amidine groups is 1. The summed E-state index contributed by atoms with van der Waals surface area (Å²) in [6.07, 6.45) is 1.85. The number of amides is 1. The predicted molar refractivity (Wildman–Crippen MR) is 122 cm³/mol. The van der Waals surface area contributed by atoms with E-state index in [1.807, 2.05) is 61.7 Å². The zero-order valence-corrected chi connectivity index (χ0v) is 18.2. The molecule has 0 radical (unpaired) electrons. The Morgan fingerprint density at radius 1 is 1.13 bits per heavy atom. The molecule has 3 aromatic rings. The number of nitrogens with one attached hydrogen (secondary N) is 1. The van der Waals surface area contributed by atoms with Crippen molar-refractivity contribution >= 4 is 46.2 Å². The molecular weight excluding hydrogens is 421 g/mol. The summed E-state index contributed by atoms with van der Waals surface area (Å²) in [5.74, 6) is -0.634. The van der Waals surface area contributed by atoms with Crippen LogP contribution in [0.5, 0.6) is 0 Å². The summed E-state index contributed by atoms with van der Waals surface area (Å²) < 4.78 is 15.5. The van der Waals surface area contributed by atoms with Crippen LogP contribution in [0.15, 0.2) is 58.4 Å². The van der Waals surface area contributed by atoms with Crippen LogP contribution in [0.4, 0.5) is 10.1 Å². The quantitative estimate of drug-likeness (QED) is 0.502. The van der Waals surface area contributed by atoms with Gasteiger partial charge in [0.1, 0.15) is 5.82 Å². The van der Waals surface area contributed by atoms with E-state index in [1.165, 1.54) is 17.8 Å². The highest BCUT2D eigenvalue weighted by atomic mass is 35.5. The summed E-state index contributed by atoms with van der Waals surface area (Å²) in [6, 6.07) is 14.4. The molecule has 0 unspecified atom stereocenters. The number of carbonyl (C=O) groups excluding carboxylic acids is 1. The van der Waals surface area contributed by atoms with Gasteiger partial charge in [-0.1, -0.05) is 23.7 Å². The molecule has 0 saturated carbocycles. The molecule has 4 nitrogen and oxygen atoms in total. The van der Waals surface area contributed by atoms with Crippen LogP contribution in [0, 0.1) is 26.6 Å². The lowest BCUT2D eigenvalue weighted by Gasteiger charge is -2.10. The van der Waals surface area contributed by atoms with Gasteiger partial charge in [0.15, 0.2) is 5.17 Å². The van der Waals surface area contributed by atoms with Crippen molar-refractivity contribution in [2.45, 2.75) is 20.8 Å². The van der Waals surface area contributed by atoms with Crippen molar-refractivity contribution in [3.05, 3.63) is 86.8 Å². The fourth-order valence-electron chi connectivity index (χ4n) is 3.39. The Morgan fingerprint density at radius 3 is 2.67 bits per heavy atom. The third kappa shape index (κ3) is 4.06. The largest absolute Gasteiger partial charge is 0.318 e. The molecule has 1 N–H and O–H groups in total. The summed E-state index contributed by atoms with van der Waals surface area (Å²) in [5, 5.41) is 3.44. The van der Waals surface area contributed by atoms with E-state index in [4.69, 9.17) is 11.6 Å². The van der Waals surface area contributed by atoms with Gasteiger partial charge in [0.05, 0.1) is 15.6 Å². The lowest BCUT2D eigenvalue weighted by molar-refractivity contribution is -0.115. The third-order valence-electron chi connectivity index (χ3n) is 4.80. The molecule has 0 aliphatic carbocycles. The van der Waals surface area contributed by atoms with Gasteiger partial charge in [-0.25, -0.2) is 9.38 Å². The Morgan fingerprint density at radius 2 is 1.93 bits per heavy atom. The van der Waals surface area contributed by atoms with E-state index in [0.717, 1.165) is 33.9 Å². The Balaban J connectivity index is 1.65. The lowest BCUT2D eigenvalue weighted by Crippen LogP contribution is -2.19. The number of aliphatic imine (C=N–C) groups is 1. The number of carbonyl (C=O) groups is 1. The van der Waals surface area contributed by atoms with Gasteiger partial charge in [-0.15, -0.1) is 0 Å². The average Bonchev–Trinajstić information content (AvgIpc) is 3.16. The summed E-state index contributed by atoms with van der Waals surface area (Å²) >= 11 is 7.26. The van der Waals surface area contributed by atoms with Crippen LogP contribution >= 0.6 is 23.4 Å². The van der Waals surface area contributed by atoms with Gasteiger partial charge < -0.3 is 9.88 Å². The maximum atomic E-state index is 13.5. The molecule has 152 valence electrons. The molecule has 1 fully saturated rings. The first-order valence-electron chi connectivity index (χ1n) is 9.32. The highest BCUT2D eigenvalue weighted by Crippen LogP contribution is 2.31. The molecule has 0 spiro atoms. The first-order valence-corrected chi connectivity index (χ1v) is 10.5. The second-order valence-corrected chi connectivity index (χ2v) is 8.52. The predicted octanol–water partition coefficient (Wildman–Crippen LogP) is 6.09. The highest BCUT2D eigenvalue weighted by molar-refractivity contribution is 8.18. The van der Waals surface area contributed by atoms with E-state index in [1.54, 1.807) is 12.1 Å². The van der Waals surface area contributed by atoms with Gasteiger partial charge >= 0.3 is 0 Å². The number of nitrogens with zero attached hydrogens (tertiary/aromatic N) is 2. The molecule has 2 aromatic carbocycles. The second kappa shape index (κ2) is 8.13. The van der Waals surface area contributed by atoms with Crippen LogP contribution in [0.2, 0.25) is 5.02 Å². The number of halogens is 2. The van der Waals surface area contributed by atoms with Gasteiger partial charge in [0.25, 0.3) is 5.91 Å². The average molecular weight is 440 g/mol. The van der Waals surface area contributed by atoms with Crippen molar-refractivity contribution in [2.24, 2.45) is 4.99 Å². The van der Waals surface area contributed by atoms with Crippen molar-refractivity contribution in [3.8, 4) is 5.69 Å². The lowest BCUT2D eigenvalue weighted by atomic mass is 10.2. The van der Waals surface area contributed by atoms with Crippen LogP contribution in [0.3, 0.4) is 0 Å². The van der Waals surface area contributed by atoms with E-state index in [9.17, 15) is 9.18 Å². The van der Waals surface area contributed by atoms with E-state index in [0.29, 0.717) is 10.1 Å². The minimum absolute atomic E-state index is 0.0719. The van der Waals surface area contributed by atoms with Crippen molar-refractivity contribution < 1.29 is 9.18 Å². The molecule has 1 saturated heterocycles. The Bertz CT molecular complexity index is 1230. The number of aromatic nitrogens is 1. The SMILES string of the molecule is Cc1cccc(N=C2NC(=O)C(=Cc3cc(C)n(-c4ccc(F)c(Cl)c4)c3C)S2)c1. The molecule has 0 bridgehead atoms. The van der Waals surface area contributed by atoms with Crippen LogP contribution in [-0.4, -0.2) is 15.6 Å². The molecule has 1 aliphatic heterocycles. The summed E-state index contributed by atoms with van der Waals surface area (Å²) in [6.45, 7) is 5.91. The number of aryl methyl sites for hydroxylation is 2. The van der Waals surface area contributed by atoms with E-state index >= 15 is 0 Å². The van der Waals surface area contributed by atoms with E-state index < -0.39 is 5.82 Å². The van der Waals surface area contributed by atoms with Gasteiger partial charge in [0.2, 0.25) is 0 Å². The second-order valence-electron chi connectivity index (χ2n) is 7.08. The minimum atomic E-state index is -0.454. The number of rotatable bonds is 3. The summed E-state index contributed by atoms with van der Waals surface area (Å²) in [7, 11) is 0. The number of benzene rings is 2. The van der Waals surface area contributed by atoms with Gasteiger partial charge in [-0.05, 0) is 86.1 Å². The maximum absolute atomic E-state index is 13.5. The topological polar surface area (TPSA) is 46.4 Å². The van der Waals surface area contributed by atoms with Crippen LogP contribution in [0.1, 0.15) is 22.5 Å². The van der Waals surface area contributed by atoms with Gasteiger partial charge in [-0.3, -0.25) is 4.79 Å². The summed E-state index contributed by atoms with van der Waals surface area (Å²) in [4.78, 5) is 17.5. The molecular formula is C23H19ClFN3OS.